The number of carbonyl (C=O) groups is 2. The van der Waals surface area contributed by atoms with Crippen molar-refractivity contribution in [2.75, 3.05) is 19.5 Å². The first-order chi connectivity index (χ1) is 16.9. The van der Waals surface area contributed by atoms with E-state index in [0.717, 1.165) is 19.1 Å². The third-order valence-corrected chi connectivity index (χ3v) is 7.01. The number of aromatic nitrogens is 2. The number of nitrogens with zero attached hydrogens (tertiary/aromatic N) is 2. The Morgan fingerprint density at radius 2 is 1.89 bits per heavy atom. The molecule has 3 rings (SSSR count). The lowest BCUT2D eigenvalue weighted by molar-refractivity contribution is -0.120. The van der Waals surface area contributed by atoms with Crippen molar-refractivity contribution in [1.29, 1.82) is 0 Å². The monoisotopic (exact) mass is 519 g/mol. The molecule has 3 aromatic rings. The fraction of sp³-hybridized carbons (Fsp3) is 0.348. The van der Waals surface area contributed by atoms with E-state index in [1.54, 1.807) is 6.07 Å². The van der Waals surface area contributed by atoms with Crippen LogP contribution in [0.3, 0.4) is 0 Å². The first-order valence-corrected chi connectivity index (χ1v) is 12.5. The number of methoxy groups -OCH3 is 2. The van der Waals surface area contributed by atoms with Gasteiger partial charge in [-0.05, 0) is 25.0 Å². The summed E-state index contributed by atoms with van der Waals surface area (Å²) >= 11 is 2.54. The molecule has 0 aliphatic carbocycles. The normalized spacial score (nSPS) is 10.8. The van der Waals surface area contributed by atoms with Crippen LogP contribution < -0.4 is 25.0 Å². The van der Waals surface area contributed by atoms with Gasteiger partial charge in [0, 0.05) is 18.1 Å². The van der Waals surface area contributed by atoms with Crippen molar-refractivity contribution < 1.29 is 28.2 Å². The van der Waals surface area contributed by atoms with Crippen LogP contribution in [0, 0.1) is 5.92 Å². The number of amides is 1. The van der Waals surface area contributed by atoms with Crippen molar-refractivity contribution in [1.82, 2.24) is 10.2 Å². The van der Waals surface area contributed by atoms with Gasteiger partial charge in [-0.2, -0.15) is 0 Å². The van der Waals surface area contributed by atoms with Crippen LogP contribution in [-0.2, 0) is 10.5 Å². The molecule has 2 heterocycles. The van der Waals surface area contributed by atoms with Gasteiger partial charge >= 0.3 is 5.97 Å². The first-order valence-electron chi connectivity index (χ1n) is 10.7. The maximum Gasteiger partial charge on any atom is 0.347 e. The lowest BCUT2D eigenvalue weighted by Gasteiger charge is -2.10. The highest BCUT2D eigenvalue weighted by Gasteiger charge is 2.19. The molecular weight excluding hydrogens is 494 g/mol. The summed E-state index contributed by atoms with van der Waals surface area (Å²) in [5, 5.41) is 11.2. The van der Waals surface area contributed by atoms with Gasteiger partial charge in [0.1, 0.15) is 29.1 Å². The highest BCUT2D eigenvalue weighted by molar-refractivity contribution is 8.00. The zero-order valence-electron chi connectivity index (χ0n) is 19.7. The summed E-state index contributed by atoms with van der Waals surface area (Å²) < 4.78 is 21.6. The van der Waals surface area contributed by atoms with E-state index < -0.39 is 11.4 Å². The Labute approximate surface area is 210 Å². The van der Waals surface area contributed by atoms with Crippen LogP contribution in [0.5, 0.6) is 17.2 Å². The first kappa shape index (κ1) is 26.2. The number of esters is 1. The van der Waals surface area contributed by atoms with Crippen molar-refractivity contribution in [2.24, 2.45) is 5.92 Å². The smallest absolute Gasteiger partial charge is 0.347 e. The van der Waals surface area contributed by atoms with E-state index in [1.165, 1.54) is 55.5 Å². The van der Waals surface area contributed by atoms with E-state index in [1.807, 2.05) is 13.8 Å². The minimum Gasteiger partial charge on any atom is -0.497 e. The van der Waals surface area contributed by atoms with Crippen LogP contribution in [-0.4, -0.2) is 36.3 Å². The average molecular weight is 520 g/mol. The van der Waals surface area contributed by atoms with E-state index in [-0.39, 0.29) is 28.9 Å². The molecule has 0 aliphatic rings. The summed E-state index contributed by atoms with van der Waals surface area (Å²) in [6, 6.07) is 5.85. The van der Waals surface area contributed by atoms with Gasteiger partial charge in [0.25, 0.3) is 0 Å². The molecule has 186 valence electrons. The maximum atomic E-state index is 12.5. The standard InChI is InChI=1S/C23H25N3O7S2/c1-5-13(6-2)20(28)24-22-25-26-23(35-22)34-12-15-9-17(27)19(11-32-15)33-21(29)16-8-7-14(30-3)10-18(16)31-4/h7-11,13H,5-6,12H2,1-4H3,(H,24,25,28). The molecule has 35 heavy (non-hydrogen) atoms. The number of carbonyl (C=O) groups excluding carboxylic acids is 2. The van der Waals surface area contributed by atoms with Crippen LogP contribution in [0.15, 0.2) is 44.1 Å². The molecule has 0 aliphatic heterocycles. The van der Waals surface area contributed by atoms with E-state index in [4.69, 9.17) is 18.6 Å². The minimum absolute atomic E-state index is 0.0669. The van der Waals surface area contributed by atoms with E-state index >= 15 is 0 Å². The Balaban J connectivity index is 1.60. The Morgan fingerprint density at radius 1 is 1.11 bits per heavy atom. The molecule has 0 bridgehead atoms. The summed E-state index contributed by atoms with van der Waals surface area (Å²) in [6.07, 6.45) is 2.59. The highest BCUT2D eigenvalue weighted by atomic mass is 32.2. The number of anilines is 1. The predicted molar refractivity (Wildman–Crippen MR) is 132 cm³/mol. The molecule has 2 aromatic heterocycles. The molecule has 0 saturated carbocycles. The van der Waals surface area contributed by atoms with E-state index in [2.05, 4.69) is 15.5 Å². The molecule has 1 aromatic carbocycles. The summed E-state index contributed by atoms with van der Waals surface area (Å²) in [5.41, 5.74) is -0.376. The number of benzene rings is 1. The summed E-state index contributed by atoms with van der Waals surface area (Å²) in [6.45, 7) is 3.93. The predicted octanol–water partition coefficient (Wildman–Crippen LogP) is 4.39. The van der Waals surface area contributed by atoms with Gasteiger partial charge in [-0.25, -0.2) is 4.79 Å². The van der Waals surface area contributed by atoms with Crippen molar-refractivity contribution >= 4 is 40.1 Å². The summed E-state index contributed by atoms with van der Waals surface area (Å²) in [7, 11) is 2.91. The third kappa shape index (κ3) is 6.83. The Morgan fingerprint density at radius 3 is 2.54 bits per heavy atom. The molecule has 0 unspecified atom stereocenters. The summed E-state index contributed by atoms with van der Waals surface area (Å²) in [4.78, 5) is 37.2. The van der Waals surface area contributed by atoms with Crippen LogP contribution in [0.1, 0.15) is 42.8 Å². The second-order valence-corrected chi connectivity index (χ2v) is 9.40. The van der Waals surface area contributed by atoms with Crippen LogP contribution in [0.25, 0.3) is 0 Å². The number of hydrogen-bond donors (Lipinski definition) is 1. The van der Waals surface area contributed by atoms with Gasteiger partial charge in [0.15, 0.2) is 4.34 Å². The van der Waals surface area contributed by atoms with Crippen molar-refractivity contribution in [3.63, 3.8) is 0 Å². The quantitative estimate of drug-likeness (QED) is 0.221. The largest absolute Gasteiger partial charge is 0.497 e. The molecule has 12 heteroatoms. The maximum absolute atomic E-state index is 12.5. The molecule has 0 spiro atoms. The zero-order valence-corrected chi connectivity index (χ0v) is 21.3. The van der Waals surface area contributed by atoms with Gasteiger partial charge < -0.3 is 23.9 Å². The highest BCUT2D eigenvalue weighted by Crippen LogP contribution is 2.29. The second kappa shape index (κ2) is 12.4. The zero-order chi connectivity index (χ0) is 25.4. The molecule has 1 N–H and O–H groups in total. The molecule has 0 saturated heterocycles. The Bertz CT molecular complexity index is 1240. The van der Waals surface area contributed by atoms with E-state index in [9.17, 15) is 14.4 Å². The number of rotatable bonds is 11. The van der Waals surface area contributed by atoms with E-state index in [0.29, 0.717) is 26.7 Å². The molecule has 0 atom stereocenters. The number of thioether (sulfide) groups is 1. The SMILES string of the molecule is CCC(CC)C(=O)Nc1nnc(SCc2cc(=O)c(OC(=O)c3ccc(OC)cc3OC)co2)s1. The van der Waals surface area contributed by atoms with Crippen molar-refractivity contribution in [3.8, 4) is 17.2 Å². The van der Waals surface area contributed by atoms with Gasteiger partial charge in [-0.3, -0.25) is 9.59 Å². The van der Waals surface area contributed by atoms with Crippen LogP contribution in [0.2, 0.25) is 0 Å². The molecule has 1 amide bonds. The Hall–Kier alpha value is -3.38. The number of nitrogens with one attached hydrogen (secondary N) is 1. The topological polar surface area (TPSA) is 130 Å². The van der Waals surface area contributed by atoms with Gasteiger partial charge in [0.2, 0.25) is 22.2 Å². The third-order valence-electron chi connectivity index (χ3n) is 5.01. The summed E-state index contributed by atoms with van der Waals surface area (Å²) in [5.74, 6) is 0.258. The van der Waals surface area contributed by atoms with Crippen LogP contribution >= 0.6 is 23.1 Å². The molecule has 0 fully saturated rings. The average Bonchev–Trinajstić information content (AvgIpc) is 3.31. The number of hydrogen-bond acceptors (Lipinski definition) is 11. The number of ether oxygens (including phenoxy) is 3. The molecule has 10 nitrogen and oxygen atoms in total. The lowest BCUT2D eigenvalue weighted by Crippen LogP contribution is -2.21. The fourth-order valence-electron chi connectivity index (χ4n) is 3.03. The fourth-order valence-corrected chi connectivity index (χ4v) is 4.67. The second-order valence-electron chi connectivity index (χ2n) is 7.20. The Kier molecular flexibility index (Phi) is 9.26. The molecular formula is C23H25N3O7S2. The molecule has 0 radical (unpaired) electrons. The van der Waals surface area contributed by atoms with Crippen LogP contribution in [0.4, 0.5) is 5.13 Å². The van der Waals surface area contributed by atoms with Gasteiger partial charge in [-0.1, -0.05) is 36.9 Å². The lowest BCUT2D eigenvalue weighted by atomic mass is 10.0. The van der Waals surface area contributed by atoms with Crippen molar-refractivity contribution in [2.45, 2.75) is 36.8 Å². The van der Waals surface area contributed by atoms with Gasteiger partial charge in [0.05, 0.1) is 20.0 Å². The minimum atomic E-state index is -0.768. The van der Waals surface area contributed by atoms with Crippen molar-refractivity contribution in [3.05, 3.63) is 52.1 Å². The van der Waals surface area contributed by atoms with Gasteiger partial charge in [-0.15, -0.1) is 10.2 Å².